The summed E-state index contributed by atoms with van der Waals surface area (Å²) in [5.41, 5.74) is 0. The molecule has 1 fully saturated rings. The molecule has 68 valence electrons. The number of nitrogens with one attached hydrogen (secondary N) is 2. The molecular formula is C9H22N2. The fourth-order valence-electron chi connectivity index (χ4n) is 1.39. The highest BCUT2D eigenvalue weighted by atomic mass is 15.0. The molecule has 0 aromatic carbocycles. The summed E-state index contributed by atoms with van der Waals surface area (Å²) in [6.45, 7) is 7.41. The zero-order valence-corrected chi connectivity index (χ0v) is 8.28. The van der Waals surface area contributed by atoms with Crippen LogP contribution < -0.4 is 10.6 Å². The van der Waals surface area contributed by atoms with Crippen molar-refractivity contribution in [3.05, 3.63) is 0 Å². The second kappa shape index (κ2) is 6.62. The van der Waals surface area contributed by atoms with Crippen molar-refractivity contribution < 1.29 is 0 Å². The minimum absolute atomic E-state index is 0.705. The summed E-state index contributed by atoms with van der Waals surface area (Å²) in [6, 6.07) is 1.46. The summed E-state index contributed by atoms with van der Waals surface area (Å²) < 4.78 is 0. The average molecular weight is 158 g/mol. The van der Waals surface area contributed by atoms with E-state index in [9.17, 15) is 0 Å². The van der Waals surface area contributed by atoms with Gasteiger partial charge >= 0.3 is 0 Å². The van der Waals surface area contributed by atoms with Gasteiger partial charge in [0.2, 0.25) is 0 Å². The molecule has 2 N–H and O–H groups in total. The van der Waals surface area contributed by atoms with E-state index >= 15 is 0 Å². The fraction of sp³-hybridized carbons (Fsp3) is 1.00. The summed E-state index contributed by atoms with van der Waals surface area (Å²) >= 11 is 0. The Hall–Kier alpha value is -0.0800. The molecule has 0 saturated carbocycles. The molecule has 1 heterocycles. The van der Waals surface area contributed by atoms with Crippen molar-refractivity contribution in [3.8, 4) is 0 Å². The molecule has 1 saturated heterocycles. The third kappa shape index (κ3) is 4.38. The molecule has 1 aliphatic rings. The van der Waals surface area contributed by atoms with Crippen LogP contribution in [-0.4, -0.2) is 25.7 Å². The Balaban J connectivity index is 0.000000461. The average Bonchev–Trinajstić information content (AvgIpc) is 2.08. The van der Waals surface area contributed by atoms with Crippen molar-refractivity contribution in [1.29, 1.82) is 0 Å². The van der Waals surface area contributed by atoms with Gasteiger partial charge < -0.3 is 10.6 Å². The maximum Gasteiger partial charge on any atom is 0.00908 e. The molecule has 0 aromatic rings. The van der Waals surface area contributed by atoms with Gasteiger partial charge in [0.05, 0.1) is 0 Å². The summed E-state index contributed by atoms with van der Waals surface area (Å²) in [7, 11) is 2.04. The zero-order chi connectivity index (χ0) is 8.69. The topological polar surface area (TPSA) is 24.1 Å². The lowest BCUT2D eigenvalue weighted by molar-refractivity contribution is 0.347. The van der Waals surface area contributed by atoms with Crippen molar-refractivity contribution in [3.63, 3.8) is 0 Å². The minimum atomic E-state index is 0.705. The molecular weight excluding hydrogens is 136 g/mol. The second-order valence-corrected chi connectivity index (χ2v) is 2.87. The van der Waals surface area contributed by atoms with E-state index in [4.69, 9.17) is 0 Å². The molecule has 0 spiro atoms. The molecule has 0 amide bonds. The first-order valence-corrected chi connectivity index (χ1v) is 4.73. The first-order chi connectivity index (χ1) is 5.33. The Labute approximate surface area is 70.8 Å². The van der Waals surface area contributed by atoms with Gasteiger partial charge in [-0.3, -0.25) is 0 Å². The monoisotopic (exact) mass is 158 g/mol. The van der Waals surface area contributed by atoms with Crippen LogP contribution >= 0.6 is 0 Å². The van der Waals surface area contributed by atoms with Gasteiger partial charge in [-0.05, 0) is 33.4 Å². The Kier molecular flexibility index (Phi) is 6.57. The van der Waals surface area contributed by atoms with Crippen molar-refractivity contribution in [2.45, 2.75) is 45.7 Å². The van der Waals surface area contributed by atoms with Crippen LogP contribution in [0.15, 0.2) is 0 Å². The maximum absolute atomic E-state index is 3.41. The van der Waals surface area contributed by atoms with Crippen molar-refractivity contribution in [1.82, 2.24) is 10.6 Å². The normalized spacial score (nSPS) is 30.5. The minimum Gasteiger partial charge on any atom is -0.317 e. The quantitative estimate of drug-likeness (QED) is 0.602. The van der Waals surface area contributed by atoms with Crippen LogP contribution in [0.25, 0.3) is 0 Å². The largest absolute Gasteiger partial charge is 0.317 e. The van der Waals surface area contributed by atoms with E-state index < -0.39 is 0 Å². The van der Waals surface area contributed by atoms with E-state index in [1.165, 1.54) is 19.4 Å². The third-order valence-corrected chi connectivity index (χ3v) is 2.03. The molecule has 0 aliphatic carbocycles. The fourth-order valence-corrected chi connectivity index (χ4v) is 1.39. The van der Waals surface area contributed by atoms with E-state index in [2.05, 4.69) is 17.6 Å². The van der Waals surface area contributed by atoms with E-state index in [1.54, 1.807) is 0 Å². The lowest BCUT2D eigenvalue weighted by Crippen LogP contribution is -2.43. The maximum atomic E-state index is 3.41. The van der Waals surface area contributed by atoms with Crippen LogP contribution in [0, 0.1) is 0 Å². The first kappa shape index (κ1) is 10.9. The predicted octanol–water partition coefficient (Wildman–Crippen LogP) is 1.37. The van der Waals surface area contributed by atoms with Crippen molar-refractivity contribution >= 4 is 0 Å². The standard InChI is InChI=1S/C7H16N2.C2H6/c1-6-5-7(8-2)3-4-9-6;1-2/h6-9H,3-5H2,1-2H3;1-2H3. The Bertz CT molecular complexity index is 83.6. The van der Waals surface area contributed by atoms with E-state index in [0.29, 0.717) is 6.04 Å². The SMILES string of the molecule is CC.CNC1CCNC(C)C1. The Morgan fingerprint density at radius 1 is 1.36 bits per heavy atom. The summed E-state index contributed by atoms with van der Waals surface area (Å²) in [4.78, 5) is 0. The van der Waals surface area contributed by atoms with Gasteiger partial charge in [0.15, 0.2) is 0 Å². The van der Waals surface area contributed by atoms with E-state index in [0.717, 1.165) is 6.04 Å². The van der Waals surface area contributed by atoms with Gasteiger partial charge in [0.1, 0.15) is 0 Å². The highest BCUT2D eigenvalue weighted by molar-refractivity contribution is 4.78. The van der Waals surface area contributed by atoms with Gasteiger partial charge in [-0.1, -0.05) is 13.8 Å². The first-order valence-electron chi connectivity index (χ1n) is 4.73. The van der Waals surface area contributed by atoms with Crippen LogP contribution in [0.3, 0.4) is 0 Å². The molecule has 1 rings (SSSR count). The van der Waals surface area contributed by atoms with Gasteiger partial charge in [-0.25, -0.2) is 0 Å². The van der Waals surface area contributed by atoms with Gasteiger partial charge in [-0.2, -0.15) is 0 Å². The number of hydrogen-bond donors (Lipinski definition) is 2. The van der Waals surface area contributed by atoms with Crippen LogP contribution in [-0.2, 0) is 0 Å². The third-order valence-electron chi connectivity index (χ3n) is 2.03. The van der Waals surface area contributed by atoms with E-state index in [1.807, 2.05) is 20.9 Å². The Morgan fingerprint density at radius 2 is 2.00 bits per heavy atom. The lowest BCUT2D eigenvalue weighted by Gasteiger charge is -2.27. The van der Waals surface area contributed by atoms with Gasteiger partial charge in [0, 0.05) is 12.1 Å². The van der Waals surface area contributed by atoms with Gasteiger partial charge in [0.25, 0.3) is 0 Å². The molecule has 1 aliphatic heterocycles. The van der Waals surface area contributed by atoms with Crippen molar-refractivity contribution in [2.24, 2.45) is 0 Å². The predicted molar refractivity (Wildman–Crippen MR) is 50.9 cm³/mol. The zero-order valence-electron chi connectivity index (χ0n) is 8.28. The molecule has 2 atom stereocenters. The number of rotatable bonds is 1. The molecule has 0 radical (unpaired) electrons. The highest BCUT2D eigenvalue weighted by Crippen LogP contribution is 2.06. The molecule has 0 bridgehead atoms. The van der Waals surface area contributed by atoms with Crippen LogP contribution in [0.2, 0.25) is 0 Å². The summed E-state index contributed by atoms with van der Waals surface area (Å²) in [6.07, 6.45) is 2.55. The van der Waals surface area contributed by atoms with Crippen LogP contribution in [0.4, 0.5) is 0 Å². The van der Waals surface area contributed by atoms with Gasteiger partial charge in [-0.15, -0.1) is 0 Å². The molecule has 0 aromatic heterocycles. The second-order valence-electron chi connectivity index (χ2n) is 2.87. The summed E-state index contributed by atoms with van der Waals surface area (Å²) in [5, 5.41) is 6.70. The van der Waals surface area contributed by atoms with Crippen LogP contribution in [0.1, 0.15) is 33.6 Å². The summed E-state index contributed by atoms with van der Waals surface area (Å²) in [5.74, 6) is 0. The van der Waals surface area contributed by atoms with E-state index in [-0.39, 0.29) is 0 Å². The molecule has 2 nitrogen and oxygen atoms in total. The lowest BCUT2D eigenvalue weighted by atomic mass is 10.0. The van der Waals surface area contributed by atoms with Crippen LogP contribution in [0.5, 0.6) is 0 Å². The molecule has 2 unspecified atom stereocenters. The Morgan fingerprint density at radius 3 is 2.36 bits per heavy atom. The highest BCUT2D eigenvalue weighted by Gasteiger charge is 2.15. The molecule has 11 heavy (non-hydrogen) atoms. The number of hydrogen-bond acceptors (Lipinski definition) is 2. The number of piperidine rings is 1. The smallest absolute Gasteiger partial charge is 0.00908 e. The van der Waals surface area contributed by atoms with Crippen molar-refractivity contribution in [2.75, 3.05) is 13.6 Å². The molecule has 2 heteroatoms.